The molecule has 1 saturated heterocycles. The van der Waals surface area contributed by atoms with Gasteiger partial charge < -0.3 is 10.2 Å². The molecule has 1 amide bonds. The molecule has 1 heterocycles. The first-order valence-corrected chi connectivity index (χ1v) is 6.13. The summed E-state index contributed by atoms with van der Waals surface area (Å²) in [7, 11) is 0. The number of hydrogen-bond acceptors (Lipinski definition) is 2. The van der Waals surface area contributed by atoms with Crippen LogP contribution in [0.4, 0.5) is 14.5 Å². The number of carbonyl (C=O) groups is 1. The molecule has 1 fully saturated rings. The van der Waals surface area contributed by atoms with Crippen LogP contribution < -0.4 is 5.32 Å². The Hall–Kier alpha value is -1.65. The molecule has 1 aliphatic rings. The third-order valence-corrected chi connectivity index (χ3v) is 3.02. The molecule has 1 N–H and O–H groups in total. The van der Waals surface area contributed by atoms with E-state index in [0.717, 1.165) is 37.6 Å². The van der Waals surface area contributed by atoms with E-state index in [-0.39, 0.29) is 11.6 Å². The highest BCUT2D eigenvalue weighted by Gasteiger charge is 2.18. The second kappa shape index (κ2) is 5.80. The van der Waals surface area contributed by atoms with Crippen molar-refractivity contribution in [1.82, 2.24) is 4.90 Å². The maximum atomic E-state index is 13.3. The van der Waals surface area contributed by atoms with Gasteiger partial charge in [-0.25, -0.2) is 8.78 Å². The number of anilines is 1. The monoisotopic (exact) mass is 254 g/mol. The van der Waals surface area contributed by atoms with Gasteiger partial charge in [-0.05, 0) is 31.0 Å². The zero-order valence-corrected chi connectivity index (χ0v) is 10.1. The fourth-order valence-electron chi connectivity index (χ4n) is 2.07. The Kier molecular flexibility index (Phi) is 4.12. The summed E-state index contributed by atoms with van der Waals surface area (Å²) in [6.07, 6.45) is 2.28. The Bertz CT molecular complexity index is 437. The number of amides is 1. The maximum absolute atomic E-state index is 13.3. The standard InChI is InChI=1S/C13H16F2N2O/c14-10-4-5-11(15)12(9-10)16-6-2-8-17-7-1-3-13(17)18/h4-5,9,16H,1-3,6-8H2. The summed E-state index contributed by atoms with van der Waals surface area (Å²) in [5.74, 6) is -0.741. The molecule has 1 aromatic rings. The smallest absolute Gasteiger partial charge is 0.222 e. The normalized spacial score (nSPS) is 15.2. The number of hydrogen-bond donors (Lipinski definition) is 1. The van der Waals surface area contributed by atoms with Gasteiger partial charge in [0.25, 0.3) is 0 Å². The fraction of sp³-hybridized carbons (Fsp3) is 0.462. The van der Waals surface area contributed by atoms with Crippen LogP contribution in [0.3, 0.4) is 0 Å². The fourth-order valence-corrected chi connectivity index (χ4v) is 2.07. The van der Waals surface area contributed by atoms with Crippen molar-refractivity contribution in [3.8, 4) is 0 Å². The average Bonchev–Trinajstić information content (AvgIpc) is 2.75. The van der Waals surface area contributed by atoms with E-state index in [9.17, 15) is 13.6 Å². The second-order valence-corrected chi connectivity index (χ2v) is 4.39. The van der Waals surface area contributed by atoms with Crippen molar-refractivity contribution in [3.05, 3.63) is 29.8 Å². The van der Waals surface area contributed by atoms with Crippen molar-refractivity contribution >= 4 is 11.6 Å². The molecular weight excluding hydrogens is 238 g/mol. The first kappa shape index (κ1) is 12.8. The van der Waals surface area contributed by atoms with Gasteiger partial charge in [-0.1, -0.05) is 0 Å². The minimum atomic E-state index is -0.464. The molecule has 0 atom stereocenters. The van der Waals surface area contributed by atoms with Gasteiger partial charge in [0.2, 0.25) is 5.91 Å². The lowest BCUT2D eigenvalue weighted by Crippen LogP contribution is -2.27. The summed E-state index contributed by atoms with van der Waals surface area (Å²) in [6.45, 7) is 2.00. The van der Waals surface area contributed by atoms with E-state index < -0.39 is 11.6 Å². The van der Waals surface area contributed by atoms with Crippen molar-refractivity contribution in [1.29, 1.82) is 0 Å². The molecule has 5 heteroatoms. The molecule has 18 heavy (non-hydrogen) atoms. The number of benzene rings is 1. The van der Waals surface area contributed by atoms with Crippen LogP contribution in [0.2, 0.25) is 0 Å². The van der Waals surface area contributed by atoms with Crippen LogP contribution in [0, 0.1) is 11.6 Å². The Labute approximate surface area is 105 Å². The van der Waals surface area contributed by atoms with E-state index in [1.807, 2.05) is 4.90 Å². The van der Waals surface area contributed by atoms with E-state index in [1.54, 1.807) is 0 Å². The predicted octanol–water partition coefficient (Wildman–Crippen LogP) is 2.39. The van der Waals surface area contributed by atoms with Crippen molar-refractivity contribution in [2.75, 3.05) is 25.0 Å². The van der Waals surface area contributed by atoms with Crippen molar-refractivity contribution in [2.24, 2.45) is 0 Å². The Balaban J connectivity index is 1.75. The Morgan fingerprint density at radius 3 is 2.89 bits per heavy atom. The van der Waals surface area contributed by atoms with Gasteiger partial charge in [0.1, 0.15) is 11.6 Å². The zero-order chi connectivity index (χ0) is 13.0. The second-order valence-electron chi connectivity index (χ2n) is 4.39. The molecule has 3 nitrogen and oxygen atoms in total. The van der Waals surface area contributed by atoms with Crippen LogP contribution in [-0.2, 0) is 4.79 Å². The van der Waals surface area contributed by atoms with Gasteiger partial charge in [0.05, 0.1) is 5.69 Å². The average molecular weight is 254 g/mol. The van der Waals surface area contributed by atoms with E-state index in [1.165, 1.54) is 0 Å². The van der Waals surface area contributed by atoms with Gasteiger partial charge in [-0.3, -0.25) is 4.79 Å². The van der Waals surface area contributed by atoms with Gasteiger partial charge in [-0.15, -0.1) is 0 Å². The largest absolute Gasteiger partial charge is 0.383 e. The SMILES string of the molecule is O=C1CCCN1CCCNc1cc(F)ccc1F. The highest BCUT2D eigenvalue weighted by Crippen LogP contribution is 2.15. The summed E-state index contributed by atoms with van der Waals surface area (Å²) in [5, 5.41) is 2.84. The molecule has 0 aromatic heterocycles. The predicted molar refractivity (Wildman–Crippen MR) is 65.3 cm³/mol. The maximum Gasteiger partial charge on any atom is 0.222 e. The van der Waals surface area contributed by atoms with Gasteiger partial charge in [-0.2, -0.15) is 0 Å². The molecule has 98 valence electrons. The van der Waals surface area contributed by atoms with Crippen LogP contribution in [0.5, 0.6) is 0 Å². The first-order valence-electron chi connectivity index (χ1n) is 6.13. The topological polar surface area (TPSA) is 32.3 Å². The minimum Gasteiger partial charge on any atom is -0.383 e. The van der Waals surface area contributed by atoms with Crippen LogP contribution in [0.25, 0.3) is 0 Å². The van der Waals surface area contributed by atoms with Gasteiger partial charge in [0.15, 0.2) is 0 Å². The van der Waals surface area contributed by atoms with Crippen molar-refractivity contribution in [2.45, 2.75) is 19.3 Å². The third-order valence-electron chi connectivity index (χ3n) is 3.02. The lowest BCUT2D eigenvalue weighted by atomic mass is 10.3. The van der Waals surface area contributed by atoms with Crippen molar-refractivity contribution < 1.29 is 13.6 Å². The number of nitrogens with one attached hydrogen (secondary N) is 1. The summed E-state index contributed by atoms with van der Waals surface area (Å²) >= 11 is 0. The lowest BCUT2D eigenvalue weighted by molar-refractivity contribution is -0.127. The van der Waals surface area contributed by atoms with Crippen LogP contribution in [0.1, 0.15) is 19.3 Å². The summed E-state index contributed by atoms with van der Waals surface area (Å²) in [4.78, 5) is 13.1. The molecule has 1 aromatic carbocycles. The van der Waals surface area contributed by atoms with E-state index in [0.29, 0.717) is 19.5 Å². The molecule has 0 spiro atoms. The minimum absolute atomic E-state index is 0.169. The van der Waals surface area contributed by atoms with Crippen molar-refractivity contribution in [3.63, 3.8) is 0 Å². The van der Waals surface area contributed by atoms with E-state index >= 15 is 0 Å². The lowest BCUT2D eigenvalue weighted by Gasteiger charge is -2.15. The number of carbonyl (C=O) groups excluding carboxylic acids is 1. The van der Waals surface area contributed by atoms with E-state index in [4.69, 9.17) is 0 Å². The van der Waals surface area contributed by atoms with Crippen LogP contribution >= 0.6 is 0 Å². The number of nitrogens with zero attached hydrogens (tertiary/aromatic N) is 1. The summed E-state index contributed by atoms with van der Waals surface area (Å²) in [5.41, 5.74) is 0.169. The summed E-state index contributed by atoms with van der Waals surface area (Å²) < 4.78 is 26.2. The quantitative estimate of drug-likeness (QED) is 0.818. The number of rotatable bonds is 5. The molecule has 0 unspecified atom stereocenters. The number of likely N-dealkylation sites (tertiary alicyclic amines) is 1. The molecule has 0 bridgehead atoms. The zero-order valence-electron chi connectivity index (χ0n) is 10.1. The van der Waals surface area contributed by atoms with Crippen LogP contribution in [-0.4, -0.2) is 30.4 Å². The highest BCUT2D eigenvalue weighted by molar-refractivity contribution is 5.77. The third kappa shape index (κ3) is 3.18. The molecule has 2 rings (SSSR count). The molecular formula is C13H16F2N2O. The number of halogens is 2. The first-order chi connectivity index (χ1) is 8.66. The highest BCUT2D eigenvalue weighted by atomic mass is 19.1. The molecule has 0 radical (unpaired) electrons. The van der Waals surface area contributed by atoms with E-state index in [2.05, 4.69) is 5.32 Å². The molecule has 0 saturated carbocycles. The van der Waals surface area contributed by atoms with Crippen LogP contribution in [0.15, 0.2) is 18.2 Å². The van der Waals surface area contributed by atoms with Gasteiger partial charge >= 0.3 is 0 Å². The van der Waals surface area contributed by atoms with Gasteiger partial charge in [0, 0.05) is 26.1 Å². The Morgan fingerprint density at radius 1 is 1.33 bits per heavy atom. The molecule has 1 aliphatic heterocycles. The Morgan fingerprint density at radius 2 is 2.17 bits per heavy atom. The molecule has 0 aliphatic carbocycles. The summed E-state index contributed by atoms with van der Waals surface area (Å²) in [6, 6.07) is 3.32.